The molecule has 0 amide bonds. The van der Waals surface area contributed by atoms with Crippen LogP contribution in [-0.4, -0.2) is 13.7 Å². The van der Waals surface area contributed by atoms with E-state index in [1.165, 1.54) is 253 Å². The fourth-order valence-corrected chi connectivity index (χ4v) is 28.1. The highest BCUT2D eigenvalue weighted by molar-refractivity contribution is 7.31. The molecule has 0 unspecified atom stereocenters. The Morgan fingerprint density at radius 3 is 0.791 bits per heavy atom. The Hall–Kier alpha value is -14.9. The van der Waals surface area contributed by atoms with Crippen molar-refractivity contribution in [3.8, 4) is 72.7 Å². The molecule has 0 aliphatic heterocycles. The lowest BCUT2D eigenvalue weighted by molar-refractivity contribution is 1.18. The second kappa shape index (κ2) is 29.9. The molecule has 0 N–H and O–H groups in total. The second-order valence-corrected chi connectivity index (χ2v) is 39.9. The van der Waals surface area contributed by atoms with Gasteiger partial charge in [-0.1, -0.05) is 285 Å². The van der Waals surface area contributed by atoms with E-state index in [4.69, 9.17) is 0 Å². The Balaban J connectivity index is 0.000000101. The van der Waals surface area contributed by atoms with Gasteiger partial charge in [-0.25, -0.2) is 0 Å². The minimum absolute atomic E-state index is 1.16. The minimum Gasteiger partial charge on any atom is -0.309 e. The summed E-state index contributed by atoms with van der Waals surface area (Å²) in [6, 6.07) is 158. The van der Waals surface area contributed by atoms with Gasteiger partial charge in [-0.3, -0.25) is 0 Å². The maximum Gasteiger partial charge on any atom is 0.0541 e. The Morgan fingerprint density at radius 2 is 0.395 bits per heavy atom. The zero-order valence-corrected chi connectivity index (χ0v) is 74.2. The normalized spacial score (nSPS) is 12.0. The van der Waals surface area contributed by atoms with Crippen molar-refractivity contribution in [2.75, 3.05) is 0 Å². The van der Waals surface area contributed by atoms with Crippen LogP contribution in [-0.2, 0) is 0 Å². The van der Waals surface area contributed by atoms with Gasteiger partial charge in [0.05, 0.1) is 33.1 Å². The van der Waals surface area contributed by atoms with E-state index in [-0.39, 0.29) is 0 Å². The van der Waals surface area contributed by atoms with Crippen LogP contribution in [0.1, 0.15) is 0 Å². The van der Waals surface area contributed by atoms with Gasteiger partial charge in [0.1, 0.15) is 0 Å². The van der Waals surface area contributed by atoms with Gasteiger partial charge < -0.3 is 13.7 Å². The molecule has 0 saturated carbocycles. The van der Waals surface area contributed by atoms with Gasteiger partial charge in [-0.15, -0.1) is 68.0 Å². The standard InChI is InChI=1S/C48H29NS2.2C36H21NS2/c1-3-11-30(12-4-1)32-21-24-41-39(28-32)40-29-33(31-13-5-2-6-14-31)22-25-42(40)49(41)35-16-9-15-34(27-35)36-18-10-20-44-46(36)47-45(50-44)26-23-38-37-17-7-8-19-43(37)51-48(38)47;1-4-15-29-25(11-1)26-12-2-5-16-30(26)37(29)23-10-7-9-22(21-23)24-14-8-18-32-34(24)35-33(38-32)20-19-28-27-13-3-6-17-31(27)39-36(28)35;1-2-9-23(10-3-1)37-29-14-6-4-11-25(29)28-21-22(17-19-30(28)37)24-13-8-16-32-34(24)35-33(38-32)20-18-27-26-12-5-7-15-31(26)39-36(27)35/h1-29H;2*1-21H. The third-order valence-electron chi connectivity index (χ3n) is 26.4. The summed E-state index contributed by atoms with van der Waals surface area (Å²) in [6.45, 7) is 0. The van der Waals surface area contributed by atoms with Crippen LogP contribution in [0.2, 0.25) is 0 Å². The van der Waals surface area contributed by atoms with Gasteiger partial charge in [0.15, 0.2) is 0 Å². The summed E-state index contributed by atoms with van der Waals surface area (Å²) in [6.07, 6.45) is 0. The number of benzene rings is 20. The molecule has 29 rings (SSSR count). The number of nitrogens with zero attached hydrogens (tertiary/aromatic N) is 3. The van der Waals surface area contributed by atoms with E-state index >= 15 is 0 Å². The van der Waals surface area contributed by atoms with Gasteiger partial charge >= 0.3 is 0 Å². The van der Waals surface area contributed by atoms with Gasteiger partial charge in [0, 0.05) is 170 Å². The zero-order valence-electron chi connectivity index (χ0n) is 69.3. The number of fused-ring (bicyclic) bond motifs is 30. The number of aromatic nitrogens is 3. The molecule has 0 bridgehead atoms. The maximum absolute atomic E-state index is 2.45. The monoisotopic (exact) mass is 1750 g/mol. The summed E-state index contributed by atoms with van der Waals surface area (Å²) in [7, 11) is 0. The molecule has 20 aromatic carbocycles. The molecule has 0 aliphatic rings. The average molecular weight is 1750 g/mol. The minimum atomic E-state index is 1.16. The molecule has 9 aromatic heterocycles. The van der Waals surface area contributed by atoms with E-state index in [0.717, 1.165) is 5.69 Å². The molecule has 602 valence electrons. The third kappa shape index (κ3) is 11.9. The van der Waals surface area contributed by atoms with Gasteiger partial charge in [-0.2, -0.15) is 0 Å². The lowest BCUT2D eigenvalue weighted by Crippen LogP contribution is -1.94. The fourth-order valence-electron chi connectivity index (χ4n) is 20.7. The number of hydrogen-bond acceptors (Lipinski definition) is 6. The van der Waals surface area contributed by atoms with Crippen molar-refractivity contribution < 1.29 is 0 Å². The van der Waals surface area contributed by atoms with Crippen molar-refractivity contribution in [1.82, 2.24) is 13.7 Å². The van der Waals surface area contributed by atoms with Crippen LogP contribution < -0.4 is 0 Å². The maximum atomic E-state index is 2.45. The van der Waals surface area contributed by atoms with Crippen molar-refractivity contribution in [3.63, 3.8) is 0 Å². The van der Waals surface area contributed by atoms with Crippen molar-refractivity contribution in [1.29, 1.82) is 0 Å². The first-order chi connectivity index (χ1) is 64.0. The van der Waals surface area contributed by atoms with Gasteiger partial charge in [0.25, 0.3) is 0 Å². The first kappa shape index (κ1) is 74.4. The first-order valence-corrected chi connectivity index (χ1v) is 48.6. The van der Waals surface area contributed by atoms with Crippen LogP contribution in [0.3, 0.4) is 0 Å². The van der Waals surface area contributed by atoms with E-state index in [9.17, 15) is 0 Å². The summed E-state index contributed by atoms with van der Waals surface area (Å²) in [5.74, 6) is 0. The number of para-hydroxylation sites is 4. The Morgan fingerprint density at radius 1 is 0.132 bits per heavy atom. The Labute approximate surface area is 764 Å². The van der Waals surface area contributed by atoms with E-state index in [2.05, 4.69) is 444 Å². The largest absolute Gasteiger partial charge is 0.309 e. The van der Waals surface area contributed by atoms with Crippen LogP contribution in [0.4, 0.5) is 0 Å². The molecule has 0 fully saturated rings. The molecular weight excluding hydrogens is 1680 g/mol. The molecule has 3 nitrogen and oxygen atoms in total. The molecule has 29 aromatic rings. The van der Waals surface area contributed by atoms with Crippen LogP contribution in [0.5, 0.6) is 0 Å². The van der Waals surface area contributed by atoms with Crippen LogP contribution in [0.25, 0.3) is 259 Å². The molecule has 0 aliphatic carbocycles. The quantitative estimate of drug-likeness (QED) is 0.144. The lowest BCUT2D eigenvalue weighted by Gasteiger charge is -2.12. The molecule has 129 heavy (non-hydrogen) atoms. The van der Waals surface area contributed by atoms with Crippen molar-refractivity contribution in [2.24, 2.45) is 0 Å². The second-order valence-electron chi connectivity index (χ2n) is 33.5. The highest BCUT2D eigenvalue weighted by Gasteiger charge is 2.25. The van der Waals surface area contributed by atoms with Crippen molar-refractivity contribution in [2.45, 2.75) is 0 Å². The highest BCUT2D eigenvalue weighted by atomic mass is 32.1. The molecule has 9 heterocycles. The van der Waals surface area contributed by atoms with E-state index in [1.807, 2.05) is 68.0 Å². The third-order valence-corrected chi connectivity index (χ3v) is 33.4. The first-order valence-electron chi connectivity index (χ1n) is 43.7. The molecule has 0 atom stereocenters. The Bertz CT molecular complexity index is 9510. The lowest BCUT2D eigenvalue weighted by atomic mass is 9.97. The zero-order chi connectivity index (χ0) is 84.5. The van der Waals surface area contributed by atoms with E-state index < -0.39 is 0 Å². The molecular formula is C120H71N3S6. The van der Waals surface area contributed by atoms with Crippen LogP contribution in [0, 0.1) is 0 Å². The molecule has 0 saturated heterocycles. The molecule has 0 radical (unpaired) electrons. The summed E-state index contributed by atoms with van der Waals surface area (Å²) >= 11 is 11.5. The van der Waals surface area contributed by atoms with E-state index in [1.54, 1.807) is 0 Å². The van der Waals surface area contributed by atoms with Crippen LogP contribution in [0.15, 0.2) is 431 Å². The van der Waals surface area contributed by atoms with Crippen molar-refractivity contribution in [3.05, 3.63) is 431 Å². The SMILES string of the molecule is c1cc(-c2cccc3sc4ccc5c6ccccc6sc5c4c23)cc(-n2c3ccccc3c3ccccc32)c1.c1ccc(-c2ccc3c(c2)c2cc(-c4ccccc4)ccc2n3-c2cccc(-c3cccc4sc5ccc6c7ccccc7sc6c5c34)c2)cc1.c1ccc(-n2c3ccccc3c3cc(-c4cccc5sc6ccc7c8ccccc8sc7c6c45)ccc32)cc1. The highest BCUT2D eigenvalue weighted by Crippen LogP contribution is 2.53. The predicted molar refractivity (Wildman–Crippen MR) is 567 cm³/mol. The Kier molecular flexibility index (Phi) is 17.2. The topological polar surface area (TPSA) is 14.8 Å². The predicted octanol–water partition coefficient (Wildman–Crippen LogP) is 36.9. The molecule has 0 spiro atoms. The van der Waals surface area contributed by atoms with Gasteiger partial charge in [0.2, 0.25) is 0 Å². The summed E-state index contributed by atoms with van der Waals surface area (Å²) in [5.41, 5.74) is 23.4. The van der Waals surface area contributed by atoms with E-state index in [0.29, 0.717) is 0 Å². The number of hydrogen-bond donors (Lipinski definition) is 0. The summed E-state index contributed by atoms with van der Waals surface area (Å²) in [4.78, 5) is 0. The average Bonchev–Trinajstić information content (AvgIpc) is 1.50. The fraction of sp³-hybridized carbons (Fsp3) is 0. The molecule has 9 heteroatoms. The van der Waals surface area contributed by atoms with Crippen LogP contribution >= 0.6 is 68.0 Å². The van der Waals surface area contributed by atoms with Crippen molar-refractivity contribution >= 4 is 254 Å². The smallest absolute Gasteiger partial charge is 0.0541 e. The number of thiophene rings is 6. The summed E-state index contributed by atoms with van der Waals surface area (Å²) < 4.78 is 23.5. The summed E-state index contributed by atoms with van der Waals surface area (Å²) in [5, 5.41) is 24.1. The van der Waals surface area contributed by atoms with Gasteiger partial charge in [-0.05, 0) is 201 Å². The number of rotatable bonds is 8.